The number of aromatic carboxylic acids is 1. The van der Waals surface area contributed by atoms with E-state index in [1.54, 1.807) is 12.1 Å². The Kier molecular flexibility index (Phi) is 3.15. The predicted molar refractivity (Wildman–Crippen MR) is 60.0 cm³/mol. The van der Waals surface area contributed by atoms with Crippen molar-refractivity contribution in [2.45, 2.75) is 32.7 Å². The Hall–Kier alpha value is -1.35. The predicted octanol–water partition coefficient (Wildman–Crippen LogP) is 2.14. The summed E-state index contributed by atoms with van der Waals surface area (Å²) >= 11 is 0. The van der Waals surface area contributed by atoms with Gasteiger partial charge in [-0.1, -0.05) is 32.9 Å². The minimum atomic E-state index is -0.915. The van der Waals surface area contributed by atoms with E-state index in [1.165, 1.54) is 0 Å². The van der Waals surface area contributed by atoms with Gasteiger partial charge in [0.2, 0.25) is 0 Å². The lowest BCUT2D eigenvalue weighted by Gasteiger charge is -2.23. The third-order valence-electron chi connectivity index (χ3n) is 2.42. The first-order valence-corrected chi connectivity index (χ1v) is 4.93. The molecule has 15 heavy (non-hydrogen) atoms. The first-order valence-electron chi connectivity index (χ1n) is 4.93. The number of benzene rings is 1. The second kappa shape index (κ2) is 4.03. The third kappa shape index (κ3) is 2.36. The van der Waals surface area contributed by atoms with Gasteiger partial charge in [-0.05, 0) is 22.6 Å². The number of nitrogens with two attached hydrogens (primary N) is 1. The molecule has 0 aliphatic carbocycles. The van der Waals surface area contributed by atoms with E-state index in [1.807, 2.05) is 26.8 Å². The van der Waals surface area contributed by atoms with Gasteiger partial charge in [0.05, 0.1) is 5.56 Å². The Morgan fingerprint density at radius 2 is 2.00 bits per heavy atom. The van der Waals surface area contributed by atoms with E-state index in [-0.39, 0.29) is 12.0 Å². The molecule has 0 saturated heterocycles. The van der Waals surface area contributed by atoms with Gasteiger partial charge >= 0.3 is 5.97 Å². The summed E-state index contributed by atoms with van der Waals surface area (Å²) in [6.45, 7) is 6.41. The highest BCUT2D eigenvalue weighted by Gasteiger charge is 2.21. The number of rotatable bonds is 2. The molecule has 1 rings (SSSR count). The molecule has 3 heteroatoms. The normalized spacial score (nSPS) is 11.5. The minimum absolute atomic E-state index is 0.0832. The Balaban J connectivity index is 3.42. The van der Waals surface area contributed by atoms with E-state index in [4.69, 9.17) is 10.8 Å². The molecule has 1 aromatic rings. The van der Waals surface area contributed by atoms with E-state index in [9.17, 15) is 4.79 Å². The molecule has 82 valence electrons. The van der Waals surface area contributed by atoms with Gasteiger partial charge in [-0.3, -0.25) is 0 Å². The molecule has 0 heterocycles. The van der Waals surface area contributed by atoms with Crippen LogP contribution >= 0.6 is 0 Å². The molecule has 0 aliphatic heterocycles. The van der Waals surface area contributed by atoms with Gasteiger partial charge in [0.1, 0.15) is 0 Å². The molecule has 0 fully saturated rings. The average molecular weight is 207 g/mol. The average Bonchev–Trinajstić information content (AvgIpc) is 2.15. The first kappa shape index (κ1) is 11.7. The van der Waals surface area contributed by atoms with Crippen molar-refractivity contribution < 1.29 is 9.90 Å². The van der Waals surface area contributed by atoms with Crippen LogP contribution in [0.4, 0.5) is 0 Å². The van der Waals surface area contributed by atoms with Crippen LogP contribution in [0, 0.1) is 0 Å². The largest absolute Gasteiger partial charge is 0.478 e. The Bertz CT molecular complexity index is 378. The fourth-order valence-electron chi connectivity index (χ4n) is 1.71. The minimum Gasteiger partial charge on any atom is -0.478 e. The van der Waals surface area contributed by atoms with Gasteiger partial charge < -0.3 is 10.8 Å². The SMILES string of the molecule is CC(C)(C)c1cccc(C(=O)O)c1CN. The Labute approximate surface area is 89.9 Å². The van der Waals surface area contributed by atoms with Crippen molar-refractivity contribution in [3.05, 3.63) is 34.9 Å². The quantitative estimate of drug-likeness (QED) is 0.781. The maximum absolute atomic E-state index is 11.0. The molecule has 0 aromatic heterocycles. The van der Waals surface area contributed by atoms with Crippen molar-refractivity contribution in [2.75, 3.05) is 0 Å². The van der Waals surface area contributed by atoms with Gasteiger partial charge in [-0.2, -0.15) is 0 Å². The third-order valence-corrected chi connectivity index (χ3v) is 2.42. The highest BCUT2D eigenvalue weighted by Crippen LogP contribution is 2.27. The van der Waals surface area contributed by atoms with Gasteiger partial charge in [0, 0.05) is 6.54 Å². The molecule has 0 bridgehead atoms. The molecule has 1 aromatic carbocycles. The van der Waals surface area contributed by atoms with Crippen LogP contribution < -0.4 is 5.73 Å². The summed E-state index contributed by atoms with van der Waals surface area (Å²) in [7, 11) is 0. The first-order chi connectivity index (χ1) is 6.88. The molecular weight excluding hydrogens is 190 g/mol. The summed E-state index contributed by atoms with van der Waals surface area (Å²) in [5, 5.41) is 9.03. The van der Waals surface area contributed by atoms with E-state index < -0.39 is 5.97 Å². The summed E-state index contributed by atoms with van der Waals surface area (Å²) in [6.07, 6.45) is 0. The molecule has 0 aliphatic rings. The zero-order valence-corrected chi connectivity index (χ0v) is 9.37. The molecule has 0 unspecified atom stereocenters. The summed E-state index contributed by atoms with van der Waals surface area (Å²) in [6, 6.07) is 5.30. The molecular formula is C12H17NO2. The van der Waals surface area contributed by atoms with Crippen molar-refractivity contribution in [3.8, 4) is 0 Å². The molecule has 0 radical (unpaired) electrons. The van der Waals surface area contributed by atoms with Crippen molar-refractivity contribution in [2.24, 2.45) is 5.73 Å². The van der Waals surface area contributed by atoms with Crippen LogP contribution in [-0.2, 0) is 12.0 Å². The van der Waals surface area contributed by atoms with Crippen LogP contribution in [0.2, 0.25) is 0 Å². The number of carbonyl (C=O) groups is 1. The lowest BCUT2D eigenvalue weighted by atomic mass is 9.82. The number of hydrogen-bond donors (Lipinski definition) is 2. The Morgan fingerprint density at radius 3 is 2.40 bits per heavy atom. The maximum atomic E-state index is 11.0. The zero-order chi connectivity index (χ0) is 11.6. The highest BCUT2D eigenvalue weighted by atomic mass is 16.4. The maximum Gasteiger partial charge on any atom is 0.336 e. The lowest BCUT2D eigenvalue weighted by Crippen LogP contribution is -2.19. The van der Waals surface area contributed by atoms with Crippen LogP contribution in [-0.4, -0.2) is 11.1 Å². The van der Waals surface area contributed by atoms with E-state index in [0.717, 1.165) is 11.1 Å². The molecule has 0 saturated carbocycles. The van der Waals surface area contributed by atoms with Crippen molar-refractivity contribution >= 4 is 5.97 Å². The van der Waals surface area contributed by atoms with Gasteiger partial charge in [-0.15, -0.1) is 0 Å². The summed E-state index contributed by atoms with van der Waals surface area (Å²) in [5.41, 5.74) is 7.59. The van der Waals surface area contributed by atoms with Gasteiger partial charge in [0.25, 0.3) is 0 Å². The molecule has 3 nitrogen and oxygen atoms in total. The van der Waals surface area contributed by atoms with Crippen LogP contribution in [0.3, 0.4) is 0 Å². The van der Waals surface area contributed by atoms with E-state index >= 15 is 0 Å². The van der Waals surface area contributed by atoms with Crippen LogP contribution in [0.1, 0.15) is 42.3 Å². The standard InChI is InChI=1S/C12H17NO2/c1-12(2,3)10-6-4-5-8(11(14)15)9(10)7-13/h4-6H,7,13H2,1-3H3,(H,14,15). The van der Waals surface area contributed by atoms with Crippen LogP contribution in [0.15, 0.2) is 18.2 Å². The van der Waals surface area contributed by atoms with Crippen LogP contribution in [0.5, 0.6) is 0 Å². The fraction of sp³-hybridized carbons (Fsp3) is 0.417. The lowest BCUT2D eigenvalue weighted by molar-refractivity contribution is 0.0695. The van der Waals surface area contributed by atoms with Gasteiger partial charge in [0.15, 0.2) is 0 Å². The van der Waals surface area contributed by atoms with Gasteiger partial charge in [-0.25, -0.2) is 4.79 Å². The molecule has 0 amide bonds. The van der Waals surface area contributed by atoms with Crippen molar-refractivity contribution in [1.29, 1.82) is 0 Å². The fourth-order valence-corrected chi connectivity index (χ4v) is 1.71. The van der Waals surface area contributed by atoms with E-state index in [0.29, 0.717) is 5.56 Å². The van der Waals surface area contributed by atoms with E-state index in [2.05, 4.69) is 0 Å². The number of carboxylic acid groups (broad SMARTS) is 1. The van der Waals surface area contributed by atoms with Crippen LogP contribution in [0.25, 0.3) is 0 Å². The number of hydrogen-bond acceptors (Lipinski definition) is 2. The second-order valence-corrected chi connectivity index (χ2v) is 4.59. The Morgan fingerprint density at radius 1 is 1.40 bits per heavy atom. The molecule has 0 atom stereocenters. The molecule has 3 N–H and O–H groups in total. The second-order valence-electron chi connectivity index (χ2n) is 4.59. The zero-order valence-electron chi connectivity index (χ0n) is 9.37. The summed E-state index contributed by atoms with van der Waals surface area (Å²) in [4.78, 5) is 11.0. The van der Waals surface area contributed by atoms with Crippen molar-refractivity contribution in [1.82, 2.24) is 0 Å². The smallest absolute Gasteiger partial charge is 0.336 e. The molecule has 0 spiro atoms. The highest BCUT2D eigenvalue weighted by molar-refractivity contribution is 5.89. The topological polar surface area (TPSA) is 63.3 Å². The van der Waals surface area contributed by atoms with Crippen molar-refractivity contribution in [3.63, 3.8) is 0 Å². The summed E-state index contributed by atoms with van der Waals surface area (Å²) in [5.74, 6) is -0.915. The monoisotopic (exact) mass is 207 g/mol. The summed E-state index contributed by atoms with van der Waals surface area (Å²) < 4.78 is 0. The number of carboxylic acids is 1.